The van der Waals surface area contributed by atoms with Crippen molar-refractivity contribution in [1.82, 2.24) is 14.8 Å². The first-order valence-electron chi connectivity index (χ1n) is 9.69. The highest BCUT2D eigenvalue weighted by Gasteiger charge is 2.14. The van der Waals surface area contributed by atoms with Gasteiger partial charge in [0.05, 0.1) is 5.75 Å². The molecule has 0 aliphatic heterocycles. The Balaban J connectivity index is 1.41. The molecule has 4 aromatic rings. The highest BCUT2D eigenvalue weighted by atomic mass is 32.2. The Labute approximate surface area is 184 Å². The summed E-state index contributed by atoms with van der Waals surface area (Å²) in [5.41, 5.74) is 2.86. The molecule has 31 heavy (non-hydrogen) atoms. The van der Waals surface area contributed by atoms with Gasteiger partial charge in [-0.2, -0.15) is 0 Å². The molecule has 0 fully saturated rings. The van der Waals surface area contributed by atoms with Crippen molar-refractivity contribution in [3.8, 4) is 11.4 Å². The lowest BCUT2D eigenvalue weighted by Crippen LogP contribution is -2.11. The van der Waals surface area contributed by atoms with Gasteiger partial charge in [-0.25, -0.2) is 0 Å². The maximum absolute atomic E-state index is 12.3. The Morgan fingerprint density at radius 3 is 2.10 bits per heavy atom. The van der Waals surface area contributed by atoms with E-state index in [0.29, 0.717) is 33.5 Å². The largest absolute Gasteiger partial charge is 0.322 e. The summed E-state index contributed by atoms with van der Waals surface area (Å²) < 4.78 is 1.86. The van der Waals surface area contributed by atoms with Crippen molar-refractivity contribution in [2.24, 2.45) is 7.05 Å². The van der Waals surface area contributed by atoms with Crippen LogP contribution in [0.1, 0.15) is 20.7 Å². The predicted octanol–water partition coefficient (Wildman–Crippen LogP) is 4.71. The van der Waals surface area contributed by atoms with Gasteiger partial charge < -0.3 is 9.88 Å². The van der Waals surface area contributed by atoms with Crippen molar-refractivity contribution in [3.05, 3.63) is 96.1 Å². The molecule has 3 aromatic carbocycles. The Hall–Kier alpha value is -3.71. The Morgan fingerprint density at radius 2 is 1.45 bits per heavy atom. The zero-order chi connectivity index (χ0) is 21.6. The Kier molecular flexibility index (Phi) is 6.24. The molecule has 0 unspecified atom stereocenters. The van der Waals surface area contributed by atoms with Crippen LogP contribution in [0.15, 0.2) is 90.1 Å². The molecule has 4 rings (SSSR count). The summed E-state index contributed by atoms with van der Waals surface area (Å²) in [6, 6.07) is 25.7. The molecule has 0 saturated carbocycles. The van der Waals surface area contributed by atoms with Crippen LogP contribution in [0.4, 0.5) is 5.69 Å². The van der Waals surface area contributed by atoms with Crippen molar-refractivity contribution >= 4 is 29.1 Å². The fourth-order valence-corrected chi connectivity index (χ4v) is 3.83. The number of nitrogens with one attached hydrogen (secondary N) is 1. The van der Waals surface area contributed by atoms with E-state index in [4.69, 9.17) is 0 Å². The van der Waals surface area contributed by atoms with Crippen LogP contribution in [0.5, 0.6) is 0 Å². The predicted molar refractivity (Wildman–Crippen MR) is 122 cm³/mol. The molecule has 0 aliphatic carbocycles. The van der Waals surface area contributed by atoms with E-state index in [1.165, 1.54) is 11.8 Å². The quantitative estimate of drug-likeness (QED) is 0.341. The van der Waals surface area contributed by atoms with Gasteiger partial charge in [-0.1, -0.05) is 60.3 Å². The van der Waals surface area contributed by atoms with Gasteiger partial charge in [-0.15, -0.1) is 10.2 Å². The summed E-state index contributed by atoms with van der Waals surface area (Å²) in [6.07, 6.45) is 0. The first-order chi connectivity index (χ1) is 15.1. The van der Waals surface area contributed by atoms with E-state index in [-0.39, 0.29) is 11.7 Å². The van der Waals surface area contributed by atoms with E-state index in [1.54, 1.807) is 12.1 Å². The second-order valence-electron chi connectivity index (χ2n) is 6.84. The second kappa shape index (κ2) is 9.40. The van der Waals surface area contributed by atoms with Crippen LogP contribution < -0.4 is 5.32 Å². The molecule has 0 spiro atoms. The Bertz CT molecular complexity index is 1190. The zero-order valence-corrected chi connectivity index (χ0v) is 17.7. The third-order valence-corrected chi connectivity index (χ3v) is 5.72. The number of carbonyl (C=O) groups is 2. The van der Waals surface area contributed by atoms with Crippen LogP contribution in [0.2, 0.25) is 0 Å². The molecule has 7 heteroatoms. The van der Waals surface area contributed by atoms with Crippen LogP contribution in [-0.2, 0) is 7.05 Å². The number of rotatable bonds is 7. The lowest BCUT2D eigenvalue weighted by molar-refractivity contribution is 0.101. The molecule has 1 N–H and O–H groups in total. The molecule has 154 valence electrons. The monoisotopic (exact) mass is 428 g/mol. The molecule has 1 amide bonds. The van der Waals surface area contributed by atoms with Crippen LogP contribution in [-0.4, -0.2) is 32.2 Å². The van der Waals surface area contributed by atoms with E-state index in [0.717, 1.165) is 5.56 Å². The average molecular weight is 429 g/mol. The number of hydrogen-bond donors (Lipinski definition) is 1. The summed E-state index contributed by atoms with van der Waals surface area (Å²) in [7, 11) is 1.87. The standard InChI is InChI=1S/C24H20N4O2S/c1-28-22(26-27-24(28)31-16-21(29)17-8-4-2-5-9-17)18-12-14-20(15-13-18)25-23(30)19-10-6-3-7-11-19/h2-15H,16H2,1H3,(H,25,30). The van der Waals surface area contributed by atoms with E-state index >= 15 is 0 Å². The van der Waals surface area contributed by atoms with Gasteiger partial charge in [-0.3, -0.25) is 9.59 Å². The normalized spacial score (nSPS) is 10.6. The SMILES string of the molecule is Cn1c(SCC(=O)c2ccccc2)nnc1-c1ccc(NC(=O)c2ccccc2)cc1. The topological polar surface area (TPSA) is 76.9 Å². The van der Waals surface area contributed by atoms with Gasteiger partial charge in [0.1, 0.15) is 0 Å². The van der Waals surface area contributed by atoms with E-state index in [2.05, 4.69) is 15.5 Å². The molecular weight excluding hydrogens is 408 g/mol. The van der Waals surface area contributed by atoms with Crippen molar-refractivity contribution in [2.75, 3.05) is 11.1 Å². The average Bonchev–Trinajstić information content (AvgIpc) is 3.19. The molecule has 0 bridgehead atoms. The molecule has 0 radical (unpaired) electrons. The summed E-state index contributed by atoms with van der Waals surface area (Å²) in [6.45, 7) is 0. The number of nitrogens with zero attached hydrogens (tertiary/aromatic N) is 3. The number of anilines is 1. The van der Waals surface area contributed by atoms with Gasteiger partial charge in [0, 0.05) is 29.4 Å². The van der Waals surface area contributed by atoms with Crippen LogP contribution in [0, 0.1) is 0 Å². The van der Waals surface area contributed by atoms with Crippen molar-refractivity contribution < 1.29 is 9.59 Å². The van der Waals surface area contributed by atoms with Crippen molar-refractivity contribution in [1.29, 1.82) is 0 Å². The minimum absolute atomic E-state index is 0.0497. The summed E-state index contributed by atoms with van der Waals surface area (Å²) in [5, 5.41) is 12.0. The third-order valence-electron chi connectivity index (χ3n) is 4.70. The molecule has 0 atom stereocenters. The van der Waals surface area contributed by atoms with E-state index in [1.807, 2.05) is 84.4 Å². The van der Waals surface area contributed by atoms with Gasteiger partial charge in [0.15, 0.2) is 16.8 Å². The maximum atomic E-state index is 12.3. The number of thioether (sulfide) groups is 1. The number of hydrogen-bond acceptors (Lipinski definition) is 5. The smallest absolute Gasteiger partial charge is 0.255 e. The maximum Gasteiger partial charge on any atom is 0.255 e. The van der Waals surface area contributed by atoms with Crippen LogP contribution >= 0.6 is 11.8 Å². The Morgan fingerprint density at radius 1 is 0.839 bits per heavy atom. The number of ketones is 1. The summed E-state index contributed by atoms with van der Waals surface area (Å²) >= 11 is 1.36. The second-order valence-corrected chi connectivity index (χ2v) is 7.78. The fraction of sp³-hybridized carbons (Fsp3) is 0.0833. The highest BCUT2D eigenvalue weighted by Crippen LogP contribution is 2.24. The molecule has 1 heterocycles. The van der Waals surface area contributed by atoms with Gasteiger partial charge in [0.25, 0.3) is 5.91 Å². The first kappa shape index (κ1) is 20.6. The van der Waals surface area contributed by atoms with Gasteiger partial charge >= 0.3 is 0 Å². The highest BCUT2D eigenvalue weighted by molar-refractivity contribution is 7.99. The van der Waals surface area contributed by atoms with Gasteiger partial charge in [0.2, 0.25) is 0 Å². The summed E-state index contributed by atoms with van der Waals surface area (Å²) in [4.78, 5) is 24.6. The minimum atomic E-state index is -0.159. The third kappa shape index (κ3) is 4.90. The number of Topliss-reactive ketones (excluding diaryl/α,β-unsaturated/α-hetero) is 1. The van der Waals surface area contributed by atoms with E-state index in [9.17, 15) is 9.59 Å². The lowest BCUT2D eigenvalue weighted by atomic mass is 10.1. The molecule has 0 aliphatic rings. The fourth-order valence-electron chi connectivity index (χ4n) is 3.02. The van der Waals surface area contributed by atoms with E-state index < -0.39 is 0 Å². The molecule has 1 aromatic heterocycles. The summed E-state index contributed by atoms with van der Waals surface area (Å²) in [5.74, 6) is 0.874. The number of aromatic nitrogens is 3. The lowest BCUT2D eigenvalue weighted by Gasteiger charge is -2.07. The molecular formula is C24H20N4O2S. The minimum Gasteiger partial charge on any atom is -0.322 e. The number of benzene rings is 3. The number of carbonyl (C=O) groups excluding carboxylic acids is 2. The van der Waals surface area contributed by atoms with Crippen molar-refractivity contribution in [2.45, 2.75) is 5.16 Å². The van der Waals surface area contributed by atoms with Crippen molar-refractivity contribution in [3.63, 3.8) is 0 Å². The first-order valence-corrected chi connectivity index (χ1v) is 10.7. The molecule has 6 nitrogen and oxygen atoms in total. The zero-order valence-electron chi connectivity index (χ0n) is 16.9. The van der Waals surface area contributed by atoms with Crippen LogP contribution in [0.25, 0.3) is 11.4 Å². The van der Waals surface area contributed by atoms with Crippen LogP contribution in [0.3, 0.4) is 0 Å². The molecule has 0 saturated heterocycles. The van der Waals surface area contributed by atoms with Gasteiger partial charge in [-0.05, 0) is 36.4 Å². The number of amides is 1.